The van der Waals surface area contributed by atoms with E-state index in [-0.39, 0.29) is 6.10 Å². The highest BCUT2D eigenvalue weighted by atomic mass is 32.2. The van der Waals surface area contributed by atoms with E-state index in [0.717, 1.165) is 57.8 Å². The van der Waals surface area contributed by atoms with Gasteiger partial charge in [0.05, 0.1) is 11.4 Å². The van der Waals surface area contributed by atoms with Crippen LogP contribution in [0.15, 0.2) is 0 Å². The molecule has 0 heterocycles. The third kappa shape index (κ3) is 10.6. The third-order valence-corrected chi connectivity index (χ3v) is 5.15. The molecular weight excluding hydrogens is 276 g/mol. The van der Waals surface area contributed by atoms with Crippen LogP contribution in [0.25, 0.3) is 0 Å². The summed E-state index contributed by atoms with van der Waals surface area (Å²) in [5.41, 5.74) is 0. The Balaban J connectivity index is 3.88. The number of hydrogen-bond donors (Lipinski definition) is 2. The Morgan fingerprint density at radius 2 is 1.35 bits per heavy atom. The van der Waals surface area contributed by atoms with E-state index in [1.807, 2.05) is 6.92 Å². The van der Waals surface area contributed by atoms with Crippen molar-refractivity contribution >= 4 is 10.1 Å². The van der Waals surface area contributed by atoms with E-state index in [0.29, 0.717) is 12.8 Å². The molecule has 4 nitrogen and oxygen atoms in total. The zero-order valence-electron chi connectivity index (χ0n) is 13.1. The molecule has 0 aromatic heterocycles. The van der Waals surface area contributed by atoms with Gasteiger partial charge in [-0.2, -0.15) is 8.42 Å². The van der Waals surface area contributed by atoms with Gasteiger partial charge in [-0.05, 0) is 25.7 Å². The highest BCUT2D eigenvalue weighted by molar-refractivity contribution is 7.86. The summed E-state index contributed by atoms with van der Waals surface area (Å²) in [5, 5.41) is 8.83. The van der Waals surface area contributed by atoms with E-state index >= 15 is 0 Å². The molecule has 2 unspecified atom stereocenters. The SMILES string of the molecule is CCCCCCC(CCCCCC(O)CC)S(=O)(=O)O. The summed E-state index contributed by atoms with van der Waals surface area (Å²) >= 11 is 0. The number of hydrogen-bond acceptors (Lipinski definition) is 3. The molecule has 0 spiro atoms. The van der Waals surface area contributed by atoms with Crippen molar-refractivity contribution in [3.63, 3.8) is 0 Å². The van der Waals surface area contributed by atoms with Gasteiger partial charge in [0.1, 0.15) is 0 Å². The van der Waals surface area contributed by atoms with Crippen LogP contribution in [0.2, 0.25) is 0 Å². The molecule has 0 aromatic rings. The van der Waals surface area contributed by atoms with E-state index in [9.17, 15) is 18.1 Å². The molecule has 0 saturated heterocycles. The second-order valence-corrected chi connectivity index (χ2v) is 7.38. The van der Waals surface area contributed by atoms with Crippen LogP contribution in [-0.4, -0.2) is 29.4 Å². The highest BCUT2D eigenvalue weighted by Crippen LogP contribution is 2.18. The van der Waals surface area contributed by atoms with Gasteiger partial charge < -0.3 is 5.11 Å². The van der Waals surface area contributed by atoms with Gasteiger partial charge in [-0.3, -0.25) is 4.55 Å². The first-order chi connectivity index (χ1) is 9.41. The van der Waals surface area contributed by atoms with Crippen LogP contribution in [0.3, 0.4) is 0 Å². The van der Waals surface area contributed by atoms with Crippen molar-refractivity contribution in [2.45, 2.75) is 95.8 Å². The smallest absolute Gasteiger partial charge is 0.267 e. The van der Waals surface area contributed by atoms with Crippen LogP contribution in [0.1, 0.15) is 84.5 Å². The zero-order valence-corrected chi connectivity index (χ0v) is 13.9. The normalized spacial score (nSPS) is 15.2. The number of aliphatic hydroxyl groups excluding tert-OH is 1. The lowest BCUT2D eigenvalue weighted by atomic mass is 10.0. The quantitative estimate of drug-likeness (QED) is 0.399. The first-order valence-corrected chi connectivity index (χ1v) is 9.56. The minimum atomic E-state index is -3.91. The first kappa shape index (κ1) is 19.9. The van der Waals surface area contributed by atoms with Gasteiger partial charge in [-0.15, -0.1) is 0 Å². The summed E-state index contributed by atoms with van der Waals surface area (Å²) in [6.07, 6.45) is 9.19. The first-order valence-electron chi connectivity index (χ1n) is 8.06. The number of rotatable bonds is 13. The lowest BCUT2D eigenvalue weighted by molar-refractivity contribution is 0.156. The van der Waals surface area contributed by atoms with E-state index in [2.05, 4.69) is 6.92 Å². The van der Waals surface area contributed by atoms with Crippen molar-refractivity contribution in [1.82, 2.24) is 0 Å². The maximum Gasteiger partial charge on any atom is 0.267 e. The fraction of sp³-hybridized carbons (Fsp3) is 1.00. The summed E-state index contributed by atoms with van der Waals surface area (Å²) in [7, 11) is -3.91. The maximum absolute atomic E-state index is 11.3. The Kier molecular flexibility index (Phi) is 11.4. The van der Waals surface area contributed by atoms with Crippen molar-refractivity contribution in [2.24, 2.45) is 0 Å². The summed E-state index contributed by atoms with van der Waals surface area (Å²) in [5.74, 6) is 0. The molecule has 122 valence electrons. The van der Waals surface area contributed by atoms with Crippen molar-refractivity contribution in [3.05, 3.63) is 0 Å². The molecule has 2 atom stereocenters. The van der Waals surface area contributed by atoms with Crippen LogP contribution >= 0.6 is 0 Å². The average Bonchev–Trinajstić information content (AvgIpc) is 2.39. The lowest BCUT2D eigenvalue weighted by Crippen LogP contribution is -2.20. The van der Waals surface area contributed by atoms with E-state index in [1.165, 1.54) is 0 Å². The minimum absolute atomic E-state index is 0.235. The summed E-state index contributed by atoms with van der Waals surface area (Å²) < 4.78 is 31.9. The predicted molar refractivity (Wildman–Crippen MR) is 83.5 cm³/mol. The molecular formula is C15H32O4S. The molecule has 0 aliphatic carbocycles. The Morgan fingerprint density at radius 3 is 1.80 bits per heavy atom. The average molecular weight is 308 g/mol. The molecule has 0 rings (SSSR count). The number of aliphatic hydroxyl groups is 1. The van der Waals surface area contributed by atoms with Crippen LogP contribution in [0, 0.1) is 0 Å². The molecule has 0 aromatic carbocycles. The fourth-order valence-electron chi connectivity index (χ4n) is 2.37. The molecule has 2 N–H and O–H groups in total. The molecule has 0 saturated carbocycles. The summed E-state index contributed by atoms with van der Waals surface area (Å²) in [6.45, 7) is 4.07. The van der Waals surface area contributed by atoms with Crippen molar-refractivity contribution in [2.75, 3.05) is 0 Å². The Morgan fingerprint density at radius 1 is 0.850 bits per heavy atom. The second-order valence-electron chi connectivity index (χ2n) is 5.69. The van der Waals surface area contributed by atoms with Crippen molar-refractivity contribution in [1.29, 1.82) is 0 Å². The van der Waals surface area contributed by atoms with E-state index in [4.69, 9.17) is 0 Å². The monoisotopic (exact) mass is 308 g/mol. The summed E-state index contributed by atoms with van der Waals surface area (Å²) in [4.78, 5) is 0. The molecule has 0 radical (unpaired) electrons. The largest absolute Gasteiger partial charge is 0.393 e. The van der Waals surface area contributed by atoms with Crippen LogP contribution in [0.4, 0.5) is 0 Å². The van der Waals surface area contributed by atoms with Gasteiger partial charge in [0.15, 0.2) is 0 Å². The molecule has 0 aliphatic rings. The predicted octanol–water partition coefficient (Wildman–Crippen LogP) is 3.93. The van der Waals surface area contributed by atoms with Gasteiger partial charge in [0.2, 0.25) is 0 Å². The van der Waals surface area contributed by atoms with Crippen LogP contribution < -0.4 is 0 Å². The van der Waals surface area contributed by atoms with E-state index in [1.54, 1.807) is 0 Å². The van der Waals surface area contributed by atoms with Crippen molar-refractivity contribution in [3.8, 4) is 0 Å². The Hall–Kier alpha value is -0.130. The number of unbranched alkanes of at least 4 members (excludes halogenated alkanes) is 5. The molecule has 5 heteroatoms. The molecule has 0 aliphatic heterocycles. The third-order valence-electron chi connectivity index (χ3n) is 3.84. The van der Waals surface area contributed by atoms with Gasteiger partial charge in [0.25, 0.3) is 10.1 Å². The Labute approximate surface area is 124 Å². The zero-order chi connectivity index (χ0) is 15.4. The summed E-state index contributed by atoms with van der Waals surface area (Å²) in [6, 6.07) is 0. The van der Waals surface area contributed by atoms with Crippen molar-refractivity contribution < 1.29 is 18.1 Å². The molecule has 0 amide bonds. The van der Waals surface area contributed by atoms with Gasteiger partial charge in [-0.1, -0.05) is 58.8 Å². The van der Waals surface area contributed by atoms with Crippen LogP contribution in [-0.2, 0) is 10.1 Å². The van der Waals surface area contributed by atoms with Gasteiger partial charge >= 0.3 is 0 Å². The fourth-order valence-corrected chi connectivity index (χ4v) is 3.30. The van der Waals surface area contributed by atoms with Gasteiger partial charge in [-0.25, -0.2) is 0 Å². The van der Waals surface area contributed by atoms with E-state index < -0.39 is 15.4 Å². The maximum atomic E-state index is 11.3. The second kappa shape index (κ2) is 11.5. The van der Waals surface area contributed by atoms with Crippen LogP contribution in [0.5, 0.6) is 0 Å². The van der Waals surface area contributed by atoms with Gasteiger partial charge in [0, 0.05) is 0 Å². The topological polar surface area (TPSA) is 74.6 Å². The standard InChI is InChI=1S/C15H32O4S/c1-3-5-6-9-12-15(20(17,18)19)13-10-7-8-11-14(16)4-2/h14-16H,3-13H2,1-2H3,(H,17,18,19). The lowest BCUT2D eigenvalue weighted by Gasteiger charge is -2.14. The minimum Gasteiger partial charge on any atom is -0.393 e. The molecule has 0 fully saturated rings. The molecule has 0 bridgehead atoms. The molecule has 20 heavy (non-hydrogen) atoms. The Bertz CT molecular complexity index is 314. The highest BCUT2D eigenvalue weighted by Gasteiger charge is 2.21.